The van der Waals surface area contributed by atoms with E-state index in [2.05, 4.69) is 58.0 Å². The molecule has 0 atom stereocenters. The van der Waals surface area contributed by atoms with E-state index in [-0.39, 0.29) is 0 Å². The van der Waals surface area contributed by atoms with Crippen LogP contribution in [0.25, 0.3) is 29.3 Å². The highest BCUT2D eigenvalue weighted by Crippen LogP contribution is 2.48. The molecular weight excluding hydrogens is 517 g/mol. The van der Waals surface area contributed by atoms with Gasteiger partial charge in [0.25, 0.3) is 0 Å². The fourth-order valence-electron chi connectivity index (χ4n) is 4.78. The van der Waals surface area contributed by atoms with Crippen LogP contribution in [0.4, 0.5) is 0 Å². The van der Waals surface area contributed by atoms with Crippen LogP contribution in [0, 0.1) is 13.8 Å². The summed E-state index contributed by atoms with van der Waals surface area (Å²) in [6.45, 7) is 9.01. The molecule has 0 spiro atoms. The summed E-state index contributed by atoms with van der Waals surface area (Å²) in [4.78, 5) is 11.2. The SMILES string of the molecule is CCCCCCc1cc(C)sc1-c1ccc(-c2sc(-c3sc(C)cc3OC)cc2CCCCCC)s1. The van der Waals surface area contributed by atoms with Gasteiger partial charge in [0.2, 0.25) is 0 Å². The van der Waals surface area contributed by atoms with Crippen molar-refractivity contribution < 1.29 is 4.74 Å². The third-order valence-electron chi connectivity index (χ3n) is 6.66. The Labute approximate surface area is 234 Å². The molecule has 0 aliphatic rings. The molecule has 0 fully saturated rings. The molecule has 4 aromatic heterocycles. The largest absolute Gasteiger partial charge is 0.495 e. The molecule has 0 radical (unpaired) electrons. The summed E-state index contributed by atoms with van der Waals surface area (Å²) in [7, 11) is 1.79. The van der Waals surface area contributed by atoms with E-state index in [1.165, 1.54) is 102 Å². The minimum atomic E-state index is 1.01. The lowest BCUT2D eigenvalue weighted by molar-refractivity contribution is 0.418. The molecule has 0 aromatic carbocycles. The first-order valence-corrected chi connectivity index (χ1v) is 16.8. The van der Waals surface area contributed by atoms with E-state index in [0.29, 0.717) is 0 Å². The summed E-state index contributed by atoms with van der Waals surface area (Å²) in [5.41, 5.74) is 3.06. The Balaban J connectivity index is 1.64. The Morgan fingerprint density at radius 3 is 1.75 bits per heavy atom. The average molecular weight is 557 g/mol. The van der Waals surface area contributed by atoms with Crippen LogP contribution in [0.1, 0.15) is 86.1 Å². The number of methoxy groups -OCH3 is 1. The van der Waals surface area contributed by atoms with E-state index in [1.807, 2.05) is 45.3 Å². The van der Waals surface area contributed by atoms with Gasteiger partial charge in [-0.25, -0.2) is 0 Å². The summed E-state index contributed by atoms with van der Waals surface area (Å²) in [6.07, 6.45) is 12.8. The normalized spacial score (nSPS) is 11.5. The summed E-state index contributed by atoms with van der Waals surface area (Å²) < 4.78 is 5.73. The lowest BCUT2D eigenvalue weighted by Crippen LogP contribution is -1.85. The first kappa shape index (κ1) is 27.6. The van der Waals surface area contributed by atoms with Crippen molar-refractivity contribution in [2.75, 3.05) is 7.11 Å². The summed E-state index contributed by atoms with van der Waals surface area (Å²) >= 11 is 7.76. The molecule has 0 N–H and O–H groups in total. The van der Waals surface area contributed by atoms with Crippen molar-refractivity contribution in [3.05, 3.63) is 51.2 Å². The summed E-state index contributed by atoms with van der Waals surface area (Å²) in [5, 5.41) is 0. The van der Waals surface area contributed by atoms with Gasteiger partial charge in [-0.3, -0.25) is 0 Å². The minimum absolute atomic E-state index is 1.01. The molecule has 4 aromatic rings. The summed E-state index contributed by atoms with van der Waals surface area (Å²) in [5.74, 6) is 1.01. The van der Waals surface area contributed by atoms with E-state index in [9.17, 15) is 0 Å². The fraction of sp³-hybridized carbons (Fsp3) is 0.484. The fourth-order valence-corrected chi connectivity index (χ4v) is 9.43. The Hall–Kier alpha value is -1.40. The van der Waals surface area contributed by atoms with E-state index in [0.717, 1.165) is 12.2 Å². The molecule has 4 heterocycles. The molecule has 0 saturated carbocycles. The van der Waals surface area contributed by atoms with Gasteiger partial charge < -0.3 is 4.74 Å². The van der Waals surface area contributed by atoms with Crippen molar-refractivity contribution in [1.82, 2.24) is 0 Å². The Morgan fingerprint density at radius 1 is 0.583 bits per heavy atom. The number of hydrogen-bond donors (Lipinski definition) is 0. The van der Waals surface area contributed by atoms with Gasteiger partial charge in [0.15, 0.2) is 0 Å². The molecule has 0 aliphatic carbocycles. The highest BCUT2D eigenvalue weighted by atomic mass is 32.1. The van der Waals surface area contributed by atoms with E-state index >= 15 is 0 Å². The molecule has 36 heavy (non-hydrogen) atoms. The van der Waals surface area contributed by atoms with Crippen LogP contribution >= 0.6 is 45.3 Å². The maximum absolute atomic E-state index is 5.73. The van der Waals surface area contributed by atoms with Crippen molar-refractivity contribution in [3.8, 4) is 35.0 Å². The second kappa shape index (κ2) is 13.4. The number of hydrogen-bond acceptors (Lipinski definition) is 5. The molecule has 194 valence electrons. The Morgan fingerprint density at radius 2 is 1.14 bits per heavy atom. The molecular formula is C31H40OS4. The molecule has 0 saturated heterocycles. The van der Waals surface area contributed by atoms with E-state index in [1.54, 1.807) is 12.7 Å². The average Bonchev–Trinajstić information content (AvgIpc) is 3.64. The third kappa shape index (κ3) is 6.72. The van der Waals surface area contributed by atoms with Crippen LogP contribution in [0.2, 0.25) is 0 Å². The van der Waals surface area contributed by atoms with Crippen LogP contribution < -0.4 is 4.74 Å². The van der Waals surface area contributed by atoms with Gasteiger partial charge in [-0.2, -0.15) is 0 Å². The number of aryl methyl sites for hydroxylation is 4. The van der Waals surface area contributed by atoms with Crippen LogP contribution in [-0.2, 0) is 12.8 Å². The smallest absolute Gasteiger partial charge is 0.138 e. The molecule has 0 unspecified atom stereocenters. The van der Waals surface area contributed by atoms with Crippen molar-refractivity contribution in [2.45, 2.75) is 91.9 Å². The Kier molecular flexibility index (Phi) is 10.3. The van der Waals surface area contributed by atoms with Crippen LogP contribution in [0.3, 0.4) is 0 Å². The van der Waals surface area contributed by atoms with Gasteiger partial charge in [0, 0.05) is 34.1 Å². The summed E-state index contributed by atoms with van der Waals surface area (Å²) in [6, 6.07) is 11.8. The molecule has 4 rings (SSSR count). The van der Waals surface area contributed by atoms with Gasteiger partial charge >= 0.3 is 0 Å². The van der Waals surface area contributed by atoms with Gasteiger partial charge in [0.1, 0.15) is 5.75 Å². The minimum Gasteiger partial charge on any atom is -0.495 e. The molecule has 5 heteroatoms. The predicted octanol–water partition coefficient (Wildman–Crippen LogP) is 11.8. The monoisotopic (exact) mass is 556 g/mol. The highest BCUT2D eigenvalue weighted by Gasteiger charge is 2.19. The predicted molar refractivity (Wildman–Crippen MR) is 166 cm³/mol. The van der Waals surface area contributed by atoms with E-state index < -0.39 is 0 Å². The zero-order chi connectivity index (χ0) is 25.5. The van der Waals surface area contributed by atoms with Crippen molar-refractivity contribution in [2.24, 2.45) is 0 Å². The van der Waals surface area contributed by atoms with Crippen LogP contribution in [0.15, 0.2) is 30.3 Å². The zero-order valence-corrected chi connectivity index (χ0v) is 25.8. The zero-order valence-electron chi connectivity index (χ0n) is 22.5. The number of unbranched alkanes of at least 4 members (excludes halogenated alkanes) is 6. The second-order valence-electron chi connectivity index (χ2n) is 9.72. The first-order valence-electron chi connectivity index (χ1n) is 13.5. The number of rotatable bonds is 14. The molecule has 0 bridgehead atoms. The number of thiophene rings is 4. The van der Waals surface area contributed by atoms with Crippen molar-refractivity contribution in [1.29, 1.82) is 0 Å². The van der Waals surface area contributed by atoms with Crippen LogP contribution in [0.5, 0.6) is 5.75 Å². The lowest BCUT2D eigenvalue weighted by Gasteiger charge is -2.03. The van der Waals surface area contributed by atoms with Gasteiger partial charge in [-0.1, -0.05) is 52.4 Å². The third-order valence-corrected chi connectivity index (χ3v) is 11.6. The molecule has 0 aliphatic heterocycles. The maximum atomic E-state index is 5.73. The molecule has 0 amide bonds. The first-order chi connectivity index (χ1) is 17.5. The number of ether oxygens (including phenoxy) is 1. The Bertz CT molecular complexity index is 1240. The highest BCUT2D eigenvalue weighted by molar-refractivity contribution is 7.28. The van der Waals surface area contributed by atoms with E-state index in [4.69, 9.17) is 4.74 Å². The van der Waals surface area contributed by atoms with Crippen molar-refractivity contribution >= 4 is 45.3 Å². The standard InChI is InChI=1S/C31H40OS4/c1-6-8-10-12-14-23-18-21(3)33-29(23)26-16-17-27(35-26)30-24(15-13-11-9-7-2)20-28(36-30)31-25(32-5)19-22(4)34-31/h16-20H,6-15H2,1-5H3. The van der Waals surface area contributed by atoms with Gasteiger partial charge in [-0.05, 0) is 81.0 Å². The van der Waals surface area contributed by atoms with Crippen molar-refractivity contribution in [3.63, 3.8) is 0 Å². The molecule has 1 nitrogen and oxygen atoms in total. The van der Waals surface area contributed by atoms with Gasteiger partial charge in [-0.15, -0.1) is 45.3 Å². The quantitative estimate of drug-likeness (QED) is 0.140. The maximum Gasteiger partial charge on any atom is 0.138 e. The lowest BCUT2D eigenvalue weighted by atomic mass is 10.1. The topological polar surface area (TPSA) is 9.23 Å². The van der Waals surface area contributed by atoms with Gasteiger partial charge in [0.05, 0.1) is 12.0 Å². The second-order valence-corrected chi connectivity index (χ2v) is 14.4. The van der Waals surface area contributed by atoms with Crippen LogP contribution in [-0.4, -0.2) is 7.11 Å².